The molecule has 0 fully saturated rings. The molecule has 0 bridgehead atoms. The number of rotatable bonds is 0. The summed E-state index contributed by atoms with van der Waals surface area (Å²) < 4.78 is 1.63. The van der Waals surface area contributed by atoms with Crippen molar-refractivity contribution in [2.45, 2.75) is 6.92 Å². The zero-order chi connectivity index (χ0) is 10.3. The van der Waals surface area contributed by atoms with Gasteiger partial charge in [0, 0.05) is 23.8 Å². The van der Waals surface area contributed by atoms with Gasteiger partial charge in [-0.2, -0.15) is 0 Å². The van der Waals surface area contributed by atoms with E-state index >= 15 is 0 Å². The van der Waals surface area contributed by atoms with E-state index in [0.29, 0.717) is 11.1 Å². The van der Waals surface area contributed by atoms with Gasteiger partial charge in [-0.15, -0.1) is 0 Å². The molecule has 1 heterocycles. The van der Waals surface area contributed by atoms with E-state index in [1.807, 2.05) is 19.1 Å². The number of benzene rings is 1. The molecule has 72 valence electrons. The van der Waals surface area contributed by atoms with Crippen LogP contribution in [0.4, 0.5) is 5.69 Å². The fourth-order valence-electron chi connectivity index (χ4n) is 1.55. The van der Waals surface area contributed by atoms with Gasteiger partial charge in [-0.05, 0) is 30.5 Å². The Bertz CT molecular complexity index is 555. The van der Waals surface area contributed by atoms with Gasteiger partial charge in [0.05, 0.1) is 0 Å². The molecule has 0 radical (unpaired) electrons. The molecule has 0 aliphatic heterocycles. The summed E-state index contributed by atoms with van der Waals surface area (Å²) in [7, 11) is 1.76. The van der Waals surface area contributed by atoms with Crippen LogP contribution in [0.25, 0.3) is 10.8 Å². The number of aromatic nitrogens is 1. The number of nitrogen functional groups attached to an aromatic ring is 1. The molecule has 3 nitrogen and oxygen atoms in total. The number of hydrogen-bond donors (Lipinski definition) is 1. The fraction of sp³-hybridized carbons (Fsp3) is 0.182. The van der Waals surface area contributed by atoms with Crippen LogP contribution in [0.3, 0.4) is 0 Å². The predicted molar refractivity (Wildman–Crippen MR) is 58.3 cm³/mol. The van der Waals surface area contributed by atoms with Crippen LogP contribution in [0, 0.1) is 6.92 Å². The third-order valence-electron chi connectivity index (χ3n) is 2.51. The van der Waals surface area contributed by atoms with Crippen molar-refractivity contribution in [1.29, 1.82) is 0 Å². The molecule has 0 saturated carbocycles. The standard InChI is InChI=1S/C11H12N2O/c1-7-5-8-3-4-9(12)6-10(8)11(14)13(7)2/h3-6H,12H2,1-2H3. The highest BCUT2D eigenvalue weighted by Crippen LogP contribution is 2.14. The van der Waals surface area contributed by atoms with Crippen molar-refractivity contribution >= 4 is 16.5 Å². The summed E-state index contributed by atoms with van der Waals surface area (Å²) in [6.07, 6.45) is 0. The number of hydrogen-bond acceptors (Lipinski definition) is 2. The minimum atomic E-state index is 0.00676. The molecule has 2 N–H and O–H groups in total. The van der Waals surface area contributed by atoms with E-state index in [0.717, 1.165) is 11.1 Å². The first-order valence-corrected chi connectivity index (χ1v) is 4.45. The van der Waals surface area contributed by atoms with Crippen LogP contribution in [-0.2, 0) is 7.05 Å². The second-order valence-corrected chi connectivity index (χ2v) is 3.50. The Morgan fingerprint density at radius 2 is 2.00 bits per heavy atom. The van der Waals surface area contributed by atoms with E-state index in [1.165, 1.54) is 0 Å². The Kier molecular flexibility index (Phi) is 1.81. The van der Waals surface area contributed by atoms with Crippen molar-refractivity contribution in [3.8, 4) is 0 Å². The van der Waals surface area contributed by atoms with Crippen molar-refractivity contribution in [1.82, 2.24) is 4.57 Å². The topological polar surface area (TPSA) is 48.0 Å². The Hall–Kier alpha value is -1.77. The second kappa shape index (κ2) is 2.87. The van der Waals surface area contributed by atoms with E-state index in [2.05, 4.69) is 0 Å². The first-order valence-electron chi connectivity index (χ1n) is 4.45. The van der Waals surface area contributed by atoms with Gasteiger partial charge in [-0.25, -0.2) is 0 Å². The van der Waals surface area contributed by atoms with Crippen molar-refractivity contribution < 1.29 is 0 Å². The lowest BCUT2D eigenvalue weighted by Gasteiger charge is -2.06. The molecule has 2 aromatic rings. The van der Waals surface area contributed by atoms with E-state index in [-0.39, 0.29) is 5.56 Å². The monoisotopic (exact) mass is 188 g/mol. The summed E-state index contributed by atoms with van der Waals surface area (Å²) in [5.74, 6) is 0. The van der Waals surface area contributed by atoms with Crippen molar-refractivity contribution in [2.24, 2.45) is 7.05 Å². The van der Waals surface area contributed by atoms with Gasteiger partial charge < -0.3 is 10.3 Å². The molecular weight excluding hydrogens is 176 g/mol. The van der Waals surface area contributed by atoms with Crippen LogP contribution in [0.1, 0.15) is 5.69 Å². The molecular formula is C11H12N2O. The molecule has 14 heavy (non-hydrogen) atoms. The smallest absolute Gasteiger partial charge is 0.258 e. The number of aryl methyl sites for hydroxylation is 1. The Morgan fingerprint density at radius 3 is 2.71 bits per heavy atom. The van der Waals surface area contributed by atoms with E-state index in [1.54, 1.807) is 23.7 Å². The van der Waals surface area contributed by atoms with Crippen LogP contribution >= 0.6 is 0 Å². The van der Waals surface area contributed by atoms with E-state index < -0.39 is 0 Å². The van der Waals surface area contributed by atoms with Gasteiger partial charge in [-0.3, -0.25) is 4.79 Å². The maximum atomic E-state index is 11.8. The quantitative estimate of drug-likeness (QED) is 0.636. The first-order chi connectivity index (χ1) is 6.59. The zero-order valence-electron chi connectivity index (χ0n) is 8.24. The zero-order valence-corrected chi connectivity index (χ0v) is 8.24. The fourth-order valence-corrected chi connectivity index (χ4v) is 1.55. The summed E-state index contributed by atoms with van der Waals surface area (Å²) in [5, 5.41) is 1.62. The number of nitrogens with two attached hydrogens (primary N) is 1. The molecule has 0 aliphatic rings. The first kappa shape index (κ1) is 8.81. The molecule has 1 aromatic carbocycles. The van der Waals surface area contributed by atoms with Crippen molar-refractivity contribution in [3.05, 3.63) is 40.3 Å². The minimum Gasteiger partial charge on any atom is -0.399 e. The molecule has 2 rings (SSSR count). The minimum absolute atomic E-state index is 0.00676. The lowest BCUT2D eigenvalue weighted by Crippen LogP contribution is -2.18. The average molecular weight is 188 g/mol. The summed E-state index contributed by atoms with van der Waals surface area (Å²) in [4.78, 5) is 11.8. The third kappa shape index (κ3) is 1.18. The highest BCUT2D eigenvalue weighted by Gasteiger charge is 2.02. The number of anilines is 1. The van der Waals surface area contributed by atoms with Crippen LogP contribution in [0.2, 0.25) is 0 Å². The summed E-state index contributed by atoms with van der Waals surface area (Å²) in [6, 6.07) is 7.38. The largest absolute Gasteiger partial charge is 0.399 e. The van der Waals surface area contributed by atoms with Gasteiger partial charge in [0.25, 0.3) is 5.56 Å². The maximum absolute atomic E-state index is 11.8. The van der Waals surface area contributed by atoms with Crippen molar-refractivity contribution in [3.63, 3.8) is 0 Å². The highest BCUT2D eigenvalue weighted by molar-refractivity contribution is 5.84. The predicted octanol–water partition coefficient (Wildman–Crippen LogP) is 1.43. The van der Waals surface area contributed by atoms with Crippen LogP contribution in [0.15, 0.2) is 29.1 Å². The Morgan fingerprint density at radius 1 is 1.29 bits per heavy atom. The maximum Gasteiger partial charge on any atom is 0.258 e. The van der Waals surface area contributed by atoms with Gasteiger partial charge in [0.1, 0.15) is 0 Å². The normalized spacial score (nSPS) is 10.7. The van der Waals surface area contributed by atoms with Crippen LogP contribution in [-0.4, -0.2) is 4.57 Å². The van der Waals surface area contributed by atoms with Crippen LogP contribution < -0.4 is 11.3 Å². The van der Waals surface area contributed by atoms with E-state index in [4.69, 9.17) is 5.73 Å². The van der Waals surface area contributed by atoms with Gasteiger partial charge >= 0.3 is 0 Å². The molecule has 0 atom stereocenters. The summed E-state index contributed by atoms with van der Waals surface area (Å²) in [6.45, 7) is 1.91. The average Bonchev–Trinajstić information content (AvgIpc) is 2.16. The lowest BCUT2D eigenvalue weighted by molar-refractivity contribution is 0.830. The number of nitrogens with zero attached hydrogens (tertiary/aromatic N) is 1. The van der Waals surface area contributed by atoms with Crippen molar-refractivity contribution in [2.75, 3.05) is 5.73 Å². The molecule has 0 amide bonds. The number of fused-ring (bicyclic) bond motifs is 1. The summed E-state index contributed by atoms with van der Waals surface area (Å²) >= 11 is 0. The van der Waals surface area contributed by atoms with Gasteiger partial charge in [-0.1, -0.05) is 6.07 Å². The van der Waals surface area contributed by atoms with E-state index in [9.17, 15) is 4.79 Å². The lowest BCUT2D eigenvalue weighted by atomic mass is 10.1. The molecule has 3 heteroatoms. The molecule has 0 aliphatic carbocycles. The molecule has 0 unspecified atom stereocenters. The van der Waals surface area contributed by atoms with Gasteiger partial charge in [0.2, 0.25) is 0 Å². The Labute approximate surface area is 81.8 Å². The summed E-state index contributed by atoms with van der Waals surface area (Å²) in [5.41, 5.74) is 7.21. The van der Waals surface area contributed by atoms with Gasteiger partial charge in [0.15, 0.2) is 0 Å². The molecule has 0 spiro atoms. The Balaban J connectivity index is 2.99. The third-order valence-corrected chi connectivity index (χ3v) is 2.51. The molecule has 1 aromatic heterocycles. The number of pyridine rings is 1. The SMILES string of the molecule is Cc1cc2ccc(N)cc2c(=O)n1C. The highest BCUT2D eigenvalue weighted by atomic mass is 16.1. The molecule has 0 saturated heterocycles. The van der Waals surface area contributed by atoms with Crippen LogP contribution in [0.5, 0.6) is 0 Å². The second-order valence-electron chi connectivity index (χ2n) is 3.50.